The summed E-state index contributed by atoms with van der Waals surface area (Å²) in [7, 11) is 0. The molecule has 106 valence electrons. The van der Waals surface area contributed by atoms with Gasteiger partial charge in [-0.1, -0.05) is 11.6 Å². The van der Waals surface area contributed by atoms with E-state index in [4.69, 9.17) is 17.3 Å². The van der Waals surface area contributed by atoms with E-state index in [1.54, 1.807) is 17.8 Å². The van der Waals surface area contributed by atoms with E-state index in [1.165, 1.54) is 0 Å². The van der Waals surface area contributed by atoms with Crippen LogP contribution in [0.5, 0.6) is 0 Å². The van der Waals surface area contributed by atoms with Gasteiger partial charge in [-0.25, -0.2) is 0 Å². The molecule has 1 saturated heterocycles. The first-order valence-electron chi connectivity index (χ1n) is 5.98. The predicted octanol–water partition coefficient (Wildman–Crippen LogP) is 2.90. The van der Waals surface area contributed by atoms with Crippen LogP contribution in [0.15, 0.2) is 23.1 Å². The number of hydrogen-bond donors (Lipinski definition) is 1. The Morgan fingerprint density at radius 2 is 2.32 bits per heavy atom. The fraction of sp³-hybridized carbons (Fsp3) is 0.462. The first kappa shape index (κ1) is 16.6. The maximum absolute atomic E-state index is 12.4. The van der Waals surface area contributed by atoms with E-state index < -0.39 is 0 Å². The summed E-state index contributed by atoms with van der Waals surface area (Å²) in [6, 6.07) is 5.58. The van der Waals surface area contributed by atoms with Gasteiger partial charge in [-0.2, -0.15) is 0 Å². The van der Waals surface area contributed by atoms with Crippen molar-refractivity contribution >= 4 is 41.7 Å². The predicted molar refractivity (Wildman–Crippen MR) is 83.5 cm³/mol. The lowest BCUT2D eigenvalue weighted by Gasteiger charge is -2.17. The van der Waals surface area contributed by atoms with Crippen LogP contribution < -0.4 is 5.73 Å². The fourth-order valence-corrected chi connectivity index (χ4v) is 2.81. The molecule has 0 aliphatic carbocycles. The quantitative estimate of drug-likeness (QED) is 0.871. The molecule has 1 aromatic rings. The second-order valence-electron chi connectivity index (χ2n) is 4.49. The lowest BCUT2D eigenvalue weighted by Crippen LogP contribution is -2.30. The van der Waals surface area contributed by atoms with Crippen molar-refractivity contribution in [1.82, 2.24) is 4.90 Å². The van der Waals surface area contributed by atoms with E-state index in [9.17, 15) is 4.79 Å². The summed E-state index contributed by atoms with van der Waals surface area (Å²) in [5, 5.41) is 0.522. The van der Waals surface area contributed by atoms with Crippen molar-refractivity contribution in [2.24, 2.45) is 11.7 Å². The SMILES string of the molecule is CSc1ccc(Cl)c(C(=O)N2CCC(CN)C2)c1.Cl. The van der Waals surface area contributed by atoms with Gasteiger partial charge >= 0.3 is 0 Å². The van der Waals surface area contributed by atoms with Gasteiger partial charge in [0.25, 0.3) is 5.91 Å². The molecule has 1 unspecified atom stereocenters. The fourth-order valence-electron chi connectivity index (χ4n) is 2.18. The van der Waals surface area contributed by atoms with E-state index in [1.807, 2.05) is 23.3 Å². The molecule has 1 heterocycles. The first-order chi connectivity index (χ1) is 8.65. The zero-order valence-electron chi connectivity index (χ0n) is 10.8. The molecule has 2 N–H and O–H groups in total. The second-order valence-corrected chi connectivity index (χ2v) is 5.77. The van der Waals surface area contributed by atoms with Gasteiger partial charge in [-0.3, -0.25) is 4.79 Å². The third-order valence-corrected chi connectivity index (χ3v) is 4.37. The molecule has 1 fully saturated rings. The highest BCUT2D eigenvalue weighted by atomic mass is 35.5. The van der Waals surface area contributed by atoms with Gasteiger partial charge in [0.15, 0.2) is 0 Å². The molecule has 19 heavy (non-hydrogen) atoms. The summed E-state index contributed by atoms with van der Waals surface area (Å²) in [5.41, 5.74) is 6.24. The summed E-state index contributed by atoms with van der Waals surface area (Å²) < 4.78 is 0. The molecule has 1 atom stereocenters. The van der Waals surface area contributed by atoms with Gasteiger partial charge in [0.2, 0.25) is 0 Å². The molecular weight excluding hydrogens is 303 g/mol. The van der Waals surface area contributed by atoms with Gasteiger partial charge in [0.1, 0.15) is 0 Å². The van der Waals surface area contributed by atoms with Crippen LogP contribution in [0.25, 0.3) is 0 Å². The van der Waals surface area contributed by atoms with Crippen molar-refractivity contribution in [2.45, 2.75) is 11.3 Å². The van der Waals surface area contributed by atoms with E-state index >= 15 is 0 Å². The number of carbonyl (C=O) groups excluding carboxylic acids is 1. The van der Waals surface area contributed by atoms with Crippen LogP contribution in [-0.4, -0.2) is 36.7 Å². The van der Waals surface area contributed by atoms with Gasteiger partial charge < -0.3 is 10.6 Å². The number of hydrogen-bond acceptors (Lipinski definition) is 3. The van der Waals surface area contributed by atoms with Crippen molar-refractivity contribution in [1.29, 1.82) is 0 Å². The monoisotopic (exact) mass is 320 g/mol. The Hall–Kier alpha value is -0.420. The Balaban J connectivity index is 0.00000180. The molecule has 0 saturated carbocycles. The van der Waals surface area contributed by atoms with Crippen LogP contribution >= 0.6 is 35.8 Å². The molecule has 0 radical (unpaired) electrons. The molecule has 1 amide bonds. The first-order valence-corrected chi connectivity index (χ1v) is 7.59. The second kappa shape index (κ2) is 7.39. The summed E-state index contributed by atoms with van der Waals surface area (Å²) in [6.07, 6.45) is 2.97. The normalized spacial score (nSPS) is 18.3. The average molecular weight is 321 g/mol. The van der Waals surface area contributed by atoms with Gasteiger partial charge in [-0.05, 0) is 43.3 Å². The number of amides is 1. The van der Waals surface area contributed by atoms with Crippen LogP contribution in [0.1, 0.15) is 16.8 Å². The minimum atomic E-state index is 0. The highest BCUT2D eigenvalue weighted by molar-refractivity contribution is 7.98. The van der Waals surface area contributed by atoms with Gasteiger partial charge in [0, 0.05) is 18.0 Å². The number of thioether (sulfide) groups is 1. The Labute approximate surface area is 129 Å². The maximum atomic E-state index is 12.4. The molecule has 3 nitrogen and oxygen atoms in total. The molecule has 0 bridgehead atoms. The molecule has 2 rings (SSSR count). The van der Waals surface area contributed by atoms with Crippen LogP contribution in [0.3, 0.4) is 0 Å². The minimum absolute atomic E-state index is 0. The summed E-state index contributed by atoms with van der Waals surface area (Å²) in [4.78, 5) is 15.3. The molecule has 1 aromatic carbocycles. The lowest BCUT2D eigenvalue weighted by molar-refractivity contribution is 0.0787. The van der Waals surface area contributed by atoms with Crippen LogP contribution in [0, 0.1) is 5.92 Å². The van der Waals surface area contributed by atoms with E-state index in [0.29, 0.717) is 23.0 Å². The number of rotatable bonds is 3. The smallest absolute Gasteiger partial charge is 0.255 e. The number of halogens is 2. The Kier molecular flexibility index (Phi) is 6.47. The molecule has 1 aliphatic heterocycles. The average Bonchev–Trinajstić information content (AvgIpc) is 2.87. The summed E-state index contributed by atoms with van der Waals surface area (Å²) in [6.45, 7) is 2.16. The Morgan fingerprint density at radius 3 is 2.89 bits per heavy atom. The minimum Gasteiger partial charge on any atom is -0.338 e. The van der Waals surface area contributed by atoms with E-state index in [2.05, 4.69) is 0 Å². The third kappa shape index (κ3) is 3.78. The zero-order chi connectivity index (χ0) is 13.1. The largest absolute Gasteiger partial charge is 0.338 e. The standard InChI is InChI=1S/C13H17ClN2OS.ClH/c1-18-10-2-3-12(14)11(6-10)13(17)16-5-4-9(7-15)8-16;/h2-3,6,9H,4-5,7-8,15H2,1H3;1H. The highest BCUT2D eigenvalue weighted by Crippen LogP contribution is 2.26. The Bertz CT molecular complexity index is 456. The van der Waals surface area contributed by atoms with Crippen molar-refractivity contribution in [3.63, 3.8) is 0 Å². The molecule has 1 aliphatic rings. The van der Waals surface area contributed by atoms with Crippen LogP contribution in [0.2, 0.25) is 5.02 Å². The van der Waals surface area contributed by atoms with Crippen molar-refractivity contribution in [3.8, 4) is 0 Å². The summed E-state index contributed by atoms with van der Waals surface area (Å²) in [5.74, 6) is 0.448. The van der Waals surface area contributed by atoms with Crippen LogP contribution in [-0.2, 0) is 0 Å². The number of nitrogens with zero attached hydrogens (tertiary/aromatic N) is 1. The number of likely N-dealkylation sites (tertiary alicyclic amines) is 1. The highest BCUT2D eigenvalue weighted by Gasteiger charge is 2.27. The molecular formula is C13H18Cl2N2OS. The maximum Gasteiger partial charge on any atom is 0.255 e. The molecule has 6 heteroatoms. The zero-order valence-corrected chi connectivity index (χ0v) is 13.2. The van der Waals surface area contributed by atoms with E-state index in [-0.39, 0.29) is 18.3 Å². The number of carbonyl (C=O) groups is 1. The molecule has 0 spiro atoms. The van der Waals surface area contributed by atoms with Crippen molar-refractivity contribution < 1.29 is 4.79 Å². The molecule has 0 aromatic heterocycles. The van der Waals surface area contributed by atoms with Gasteiger partial charge in [-0.15, -0.1) is 24.2 Å². The Morgan fingerprint density at radius 1 is 1.58 bits per heavy atom. The number of benzene rings is 1. The topological polar surface area (TPSA) is 46.3 Å². The van der Waals surface area contributed by atoms with E-state index in [0.717, 1.165) is 24.4 Å². The van der Waals surface area contributed by atoms with Crippen molar-refractivity contribution in [2.75, 3.05) is 25.9 Å². The lowest BCUT2D eigenvalue weighted by atomic mass is 10.1. The van der Waals surface area contributed by atoms with Gasteiger partial charge in [0.05, 0.1) is 10.6 Å². The summed E-state index contributed by atoms with van der Waals surface area (Å²) >= 11 is 7.72. The number of nitrogens with two attached hydrogens (primary N) is 1. The van der Waals surface area contributed by atoms with Crippen molar-refractivity contribution in [3.05, 3.63) is 28.8 Å². The third-order valence-electron chi connectivity index (χ3n) is 3.31. The van der Waals surface area contributed by atoms with Crippen LogP contribution in [0.4, 0.5) is 0 Å².